The fourth-order valence-electron chi connectivity index (χ4n) is 3.06. The minimum atomic E-state index is 0.295. The van der Waals surface area contributed by atoms with Crippen LogP contribution >= 0.6 is 11.3 Å². The van der Waals surface area contributed by atoms with Crippen molar-refractivity contribution in [1.29, 1.82) is 0 Å². The number of rotatable bonds is 6. The molecule has 1 saturated heterocycles. The number of benzene rings is 1. The van der Waals surface area contributed by atoms with Gasteiger partial charge in [0.1, 0.15) is 0 Å². The molecule has 3 heteroatoms. The molecule has 1 aliphatic rings. The summed E-state index contributed by atoms with van der Waals surface area (Å²) in [4.78, 5) is 15.4. The summed E-state index contributed by atoms with van der Waals surface area (Å²) in [5.41, 5.74) is 1.45. The van der Waals surface area contributed by atoms with Gasteiger partial charge in [-0.3, -0.25) is 4.79 Å². The molecule has 1 unspecified atom stereocenters. The molecule has 110 valence electrons. The molecule has 0 aliphatic carbocycles. The van der Waals surface area contributed by atoms with Crippen LogP contribution in [-0.2, 0) is 0 Å². The monoisotopic (exact) mass is 299 g/mol. The molecule has 0 radical (unpaired) electrons. The second kappa shape index (κ2) is 7.01. The SMILES string of the molecule is O=C(CCCN1CCC(c2ccccc2)C1)c1cccs1. The standard InChI is InChI=1S/C18H21NOS/c20-17(18-9-5-13-21-18)8-4-11-19-12-10-16(14-19)15-6-2-1-3-7-15/h1-3,5-7,9,13,16H,4,8,10-12,14H2. The maximum atomic E-state index is 12.0. The minimum Gasteiger partial charge on any atom is -0.303 e. The molecule has 1 atom stereocenters. The van der Waals surface area contributed by atoms with E-state index in [9.17, 15) is 4.79 Å². The Morgan fingerprint density at radius 2 is 2.05 bits per heavy atom. The molecule has 3 rings (SSSR count). The lowest BCUT2D eigenvalue weighted by Gasteiger charge is -2.15. The summed E-state index contributed by atoms with van der Waals surface area (Å²) in [6.45, 7) is 3.34. The number of hydrogen-bond donors (Lipinski definition) is 0. The van der Waals surface area contributed by atoms with Gasteiger partial charge in [-0.1, -0.05) is 36.4 Å². The van der Waals surface area contributed by atoms with Crippen LogP contribution in [0.25, 0.3) is 0 Å². The lowest BCUT2D eigenvalue weighted by molar-refractivity contribution is 0.0980. The molecule has 0 saturated carbocycles. The van der Waals surface area contributed by atoms with Crippen molar-refractivity contribution in [3.8, 4) is 0 Å². The molecule has 1 aliphatic heterocycles. The molecule has 0 N–H and O–H groups in total. The molecule has 1 aromatic carbocycles. The van der Waals surface area contributed by atoms with E-state index in [0.717, 1.165) is 30.9 Å². The van der Waals surface area contributed by atoms with Crippen LogP contribution in [0.5, 0.6) is 0 Å². The molecule has 0 spiro atoms. The van der Waals surface area contributed by atoms with E-state index in [1.54, 1.807) is 11.3 Å². The van der Waals surface area contributed by atoms with Crippen LogP contribution in [0.2, 0.25) is 0 Å². The van der Waals surface area contributed by atoms with Gasteiger partial charge in [0.25, 0.3) is 0 Å². The smallest absolute Gasteiger partial charge is 0.172 e. The Balaban J connectivity index is 1.42. The van der Waals surface area contributed by atoms with Gasteiger partial charge in [-0.05, 0) is 48.9 Å². The lowest BCUT2D eigenvalue weighted by Crippen LogP contribution is -2.22. The third kappa shape index (κ3) is 3.80. The Bertz CT molecular complexity index is 564. The molecular weight excluding hydrogens is 278 g/mol. The first kappa shape index (κ1) is 14.5. The van der Waals surface area contributed by atoms with Crippen LogP contribution in [-0.4, -0.2) is 30.3 Å². The Hall–Kier alpha value is -1.45. The highest BCUT2D eigenvalue weighted by Crippen LogP contribution is 2.27. The van der Waals surface area contributed by atoms with E-state index in [-0.39, 0.29) is 0 Å². The third-order valence-electron chi connectivity index (χ3n) is 4.22. The van der Waals surface area contributed by atoms with Crippen molar-refractivity contribution >= 4 is 17.1 Å². The zero-order valence-electron chi connectivity index (χ0n) is 12.2. The van der Waals surface area contributed by atoms with Gasteiger partial charge in [0, 0.05) is 13.0 Å². The summed E-state index contributed by atoms with van der Waals surface area (Å²) in [5.74, 6) is 0.961. The number of likely N-dealkylation sites (tertiary alicyclic amines) is 1. The van der Waals surface area contributed by atoms with E-state index in [0.29, 0.717) is 18.1 Å². The number of carbonyl (C=O) groups excluding carboxylic acids is 1. The van der Waals surface area contributed by atoms with Gasteiger partial charge in [0.2, 0.25) is 0 Å². The summed E-state index contributed by atoms with van der Waals surface area (Å²) in [7, 11) is 0. The van der Waals surface area contributed by atoms with Crippen LogP contribution in [0.4, 0.5) is 0 Å². The van der Waals surface area contributed by atoms with E-state index in [1.807, 2.05) is 17.5 Å². The number of nitrogens with zero attached hydrogens (tertiary/aromatic N) is 1. The second-order valence-electron chi connectivity index (χ2n) is 5.70. The van der Waals surface area contributed by atoms with Gasteiger partial charge in [-0.15, -0.1) is 11.3 Å². The normalized spacial score (nSPS) is 19.0. The molecule has 2 aromatic rings. The predicted molar refractivity (Wildman–Crippen MR) is 88.1 cm³/mol. The zero-order chi connectivity index (χ0) is 14.5. The topological polar surface area (TPSA) is 20.3 Å². The highest BCUT2D eigenvalue weighted by atomic mass is 32.1. The van der Waals surface area contributed by atoms with Gasteiger partial charge >= 0.3 is 0 Å². The van der Waals surface area contributed by atoms with Crippen molar-refractivity contribution in [2.75, 3.05) is 19.6 Å². The van der Waals surface area contributed by atoms with Crippen molar-refractivity contribution in [1.82, 2.24) is 4.90 Å². The lowest BCUT2D eigenvalue weighted by atomic mass is 9.99. The largest absolute Gasteiger partial charge is 0.303 e. The Labute approximate surface area is 130 Å². The average molecular weight is 299 g/mol. The van der Waals surface area contributed by atoms with Crippen molar-refractivity contribution in [3.63, 3.8) is 0 Å². The highest BCUT2D eigenvalue weighted by Gasteiger charge is 2.23. The van der Waals surface area contributed by atoms with Crippen LogP contribution in [0, 0.1) is 0 Å². The number of thiophene rings is 1. The Kier molecular flexibility index (Phi) is 4.84. The van der Waals surface area contributed by atoms with Crippen molar-refractivity contribution in [3.05, 3.63) is 58.3 Å². The first-order valence-electron chi connectivity index (χ1n) is 7.67. The predicted octanol–water partition coefficient (Wildman–Crippen LogP) is 4.20. The molecule has 1 aromatic heterocycles. The summed E-state index contributed by atoms with van der Waals surface area (Å²) >= 11 is 1.55. The van der Waals surface area contributed by atoms with Crippen LogP contribution in [0.3, 0.4) is 0 Å². The number of ketones is 1. The number of hydrogen-bond acceptors (Lipinski definition) is 3. The van der Waals surface area contributed by atoms with E-state index in [2.05, 4.69) is 35.2 Å². The minimum absolute atomic E-state index is 0.295. The van der Waals surface area contributed by atoms with Crippen molar-refractivity contribution in [2.45, 2.75) is 25.2 Å². The van der Waals surface area contributed by atoms with Gasteiger partial charge < -0.3 is 4.90 Å². The zero-order valence-corrected chi connectivity index (χ0v) is 13.0. The van der Waals surface area contributed by atoms with Gasteiger partial charge in [0.15, 0.2) is 5.78 Å². The summed E-state index contributed by atoms with van der Waals surface area (Å²) in [6, 6.07) is 14.7. The Morgan fingerprint density at radius 3 is 2.81 bits per heavy atom. The molecule has 0 bridgehead atoms. The van der Waals surface area contributed by atoms with E-state index < -0.39 is 0 Å². The van der Waals surface area contributed by atoms with Crippen LogP contribution in [0.1, 0.15) is 40.4 Å². The Morgan fingerprint density at radius 1 is 1.19 bits per heavy atom. The van der Waals surface area contributed by atoms with E-state index in [4.69, 9.17) is 0 Å². The molecule has 2 nitrogen and oxygen atoms in total. The van der Waals surface area contributed by atoms with E-state index in [1.165, 1.54) is 12.0 Å². The summed E-state index contributed by atoms with van der Waals surface area (Å²) in [5, 5.41) is 1.97. The quantitative estimate of drug-likeness (QED) is 0.745. The maximum absolute atomic E-state index is 12.0. The first-order chi connectivity index (χ1) is 10.3. The molecule has 1 fully saturated rings. The van der Waals surface area contributed by atoms with Crippen LogP contribution < -0.4 is 0 Å². The summed E-state index contributed by atoms with van der Waals surface area (Å²) < 4.78 is 0. The van der Waals surface area contributed by atoms with Crippen LogP contribution in [0.15, 0.2) is 47.8 Å². The molecule has 2 heterocycles. The average Bonchev–Trinajstić information content (AvgIpc) is 3.20. The van der Waals surface area contributed by atoms with Crippen molar-refractivity contribution < 1.29 is 4.79 Å². The second-order valence-corrected chi connectivity index (χ2v) is 6.65. The number of carbonyl (C=O) groups is 1. The van der Waals surface area contributed by atoms with Gasteiger partial charge in [0.05, 0.1) is 4.88 Å². The van der Waals surface area contributed by atoms with Crippen molar-refractivity contribution in [2.24, 2.45) is 0 Å². The third-order valence-corrected chi connectivity index (χ3v) is 5.13. The van der Waals surface area contributed by atoms with Gasteiger partial charge in [-0.25, -0.2) is 0 Å². The van der Waals surface area contributed by atoms with E-state index >= 15 is 0 Å². The fourth-order valence-corrected chi connectivity index (χ4v) is 3.75. The molecule has 0 amide bonds. The fraction of sp³-hybridized carbons (Fsp3) is 0.389. The molecular formula is C18H21NOS. The van der Waals surface area contributed by atoms with Gasteiger partial charge in [-0.2, -0.15) is 0 Å². The summed E-state index contributed by atoms with van der Waals surface area (Å²) in [6.07, 6.45) is 2.88. The highest BCUT2D eigenvalue weighted by molar-refractivity contribution is 7.12. The molecule has 21 heavy (non-hydrogen) atoms. The number of Topliss-reactive ketones (excluding diaryl/α,β-unsaturated/α-hetero) is 1. The first-order valence-corrected chi connectivity index (χ1v) is 8.55. The maximum Gasteiger partial charge on any atom is 0.172 e.